The molecule has 0 aliphatic carbocycles. The highest BCUT2D eigenvalue weighted by Gasteiger charge is 2.31. The van der Waals surface area contributed by atoms with E-state index in [2.05, 4.69) is 21.2 Å². The van der Waals surface area contributed by atoms with Crippen LogP contribution in [0.4, 0.5) is 0 Å². The summed E-state index contributed by atoms with van der Waals surface area (Å²) in [6.07, 6.45) is 0.677. The van der Waals surface area contributed by atoms with Crippen LogP contribution in [-0.4, -0.2) is 44.2 Å². The molecule has 1 saturated heterocycles. The molecule has 0 bridgehead atoms. The molecule has 0 radical (unpaired) electrons. The molecule has 5 nitrogen and oxygen atoms in total. The first-order chi connectivity index (χ1) is 10.1. The average molecular weight is 360 g/mol. The van der Waals surface area contributed by atoms with Crippen molar-refractivity contribution in [1.82, 2.24) is 5.32 Å². The fourth-order valence-corrected chi connectivity index (χ4v) is 2.94. The van der Waals surface area contributed by atoms with E-state index < -0.39 is 5.60 Å². The van der Waals surface area contributed by atoms with Crippen LogP contribution in [0.3, 0.4) is 0 Å². The van der Waals surface area contributed by atoms with Crippen molar-refractivity contribution in [3.05, 3.63) is 22.2 Å². The van der Waals surface area contributed by atoms with Crippen LogP contribution in [0, 0.1) is 0 Å². The molecular formula is C15H22BrNO4. The first-order valence-corrected chi connectivity index (χ1v) is 7.87. The highest BCUT2D eigenvalue weighted by molar-refractivity contribution is 9.10. The van der Waals surface area contributed by atoms with E-state index in [9.17, 15) is 5.11 Å². The van der Waals surface area contributed by atoms with Gasteiger partial charge in [-0.1, -0.05) is 0 Å². The molecule has 0 amide bonds. The molecule has 0 aromatic heterocycles. The summed E-state index contributed by atoms with van der Waals surface area (Å²) in [7, 11) is 1.63. The quantitative estimate of drug-likeness (QED) is 0.780. The fourth-order valence-electron chi connectivity index (χ4n) is 2.34. The number of methoxy groups -OCH3 is 1. The van der Waals surface area contributed by atoms with E-state index >= 15 is 0 Å². The zero-order valence-electron chi connectivity index (χ0n) is 12.4. The van der Waals surface area contributed by atoms with Gasteiger partial charge in [-0.15, -0.1) is 0 Å². The Morgan fingerprint density at radius 3 is 2.90 bits per heavy atom. The third-order valence-electron chi connectivity index (χ3n) is 3.44. The molecule has 118 valence electrons. The number of hydrogen-bond acceptors (Lipinski definition) is 5. The molecule has 6 heteroatoms. The van der Waals surface area contributed by atoms with Crippen LogP contribution in [0.2, 0.25) is 0 Å². The van der Waals surface area contributed by atoms with Crippen molar-refractivity contribution in [3.63, 3.8) is 0 Å². The molecule has 1 aliphatic rings. The zero-order valence-corrected chi connectivity index (χ0v) is 14.0. The van der Waals surface area contributed by atoms with E-state index in [0.717, 1.165) is 10.0 Å². The van der Waals surface area contributed by atoms with Crippen LogP contribution in [0.15, 0.2) is 16.6 Å². The first kappa shape index (κ1) is 16.5. The zero-order chi connectivity index (χ0) is 15.3. The van der Waals surface area contributed by atoms with E-state index in [1.807, 2.05) is 19.1 Å². The van der Waals surface area contributed by atoms with Crippen LogP contribution >= 0.6 is 15.9 Å². The topological polar surface area (TPSA) is 60.0 Å². The normalized spacial score (nSPS) is 21.5. The van der Waals surface area contributed by atoms with Crippen molar-refractivity contribution < 1.29 is 19.3 Å². The van der Waals surface area contributed by atoms with Crippen LogP contribution in [0.1, 0.15) is 18.9 Å². The lowest BCUT2D eigenvalue weighted by atomic mass is 10.0. The van der Waals surface area contributed by atoms with Crippen molar-refractivity contribution >= 4 is 15.9 Å². The van der Waals surface area contributed by atoms with Gasteiger partial charge in [0.25, 0.3) is 0 Å². The Labute approximate surface area is 133 Å². The molecule has 2 rings (SSSR count). The summed E-state index contributed by atoms with van der Waals surface area (Å²) in [5, 5.41) is 13.5. The number of nitrogens with one attached hydrogen (secondary N) is 1. The molecule has 21 heavy (non-hydrogen) atoms. The maximum absolute atomic E-state index is 10.2. The van der Waals surface area contributed by atoms with Gasteiger partial charge in [-0.2, -0.15) is 0 Å². The molecule has 2 N–H and O–H groups in total. The molecule has 0 spiro atoms. The van der Waals surface area contributed by atoms with Crippen molar-refractivity contribution in [1.29, 1.82) is 0 Å². The fraction of sp³-hybridized carbons (Fsp3) is 0.600. The highest BCUT2D eigenvalue weighted by atomic mass is 79.9. The number of halogens is 1. The predicted octanol–water partition coefficient (Wildman–Crippen LogP) is 2.10. The van der Waals surface area contributed by atoms with E-state index in [-0.39, 0.29) is 0 Å². The van der Waals surface area contributed by atoms with Gasteiger partial charge in [0.2, 0.25) is 0 Å². The number of rotatable bonds is 7. The van der Waals surface area contributed by atoms with Crippen LogP contribution in [-0.2, 0) is 11.3 Å². The third-order valence-corrected chi connectivity index (χ3v) is 4.03. The summed E-state index contributed by atoms with van der Waals surface area (Å²) in [6.45, 7) is 4.70. The van der Waals surface area contributed by atoms with E-state index in [1.165, 1.54) is 0 Å². The molecule has 1 fully saturated rings. The Morgan fingerprint density at radius 1 is 1.48 bits per heavy atom. The molecule has 1 atom stereocenters. The predicted molar refractivity (Wildman–Crippen MR) is 84.0 cm³/mol. The van der Waals surface area contributed by atoms with Gasteiger partial charge in [0.1, 0.15) is 5.60 Å². The first-order valence-electron chi connectivity index (χ1n) is 7.08. The molecule has 0 saturated carbocycles. The molecule has 1 aromatic rings. The Kier molecular flexibility index (Phi) is 5.87. The number of aliphatic hydroxyl groups is 1. The molecular weight excluding hydrogens is 338 g/mol. The molecule has 1 aromatic carbocycles. The SMILES string of the molecule is CCOc1c(Br)cc(CNCC2(O)CCOC2)cc1OC. The minimum absolute atomic E-state index is 0.399. The standard InChI is InChI=1S/C15H22BrNO4/c1-3-21-14-12(16)6-11(7-13(14)19-2)8-17-9-15(18)4-5-20-10-15/h6-7,17-18H,3-5,8-10H2,1-2H3. The second kappa shape index (κ2) is 7.45. The Hall–Kier alpha value is -0.820. The van der Waals surface area contributed by atoms with Gasteiger partial charge in [-0.05, 0) is 40.5 Å². The van der Waals surface area contributed by atoms with Gasteiger partial charge in [-0.3, -0.25) is 0 Å². The van der Waals surface area contributed by atoms with Gasteiger partial charge < -0.3 is 24.6 Å². The smallest absolute Gasteiger partial charge is 0.175 e. The van der Waals surface area contributed by atoms with E-state index in [1.54, 1.807) is 7.11 Å². The second-order valence-electron chi connectivity index (χ2n) is 5.17. The lowest BCUT2D eigenvalue weighted by molar-refractivity contribution is 0.0268. The van der Waals surface area contributed by atoms with Crippen LogP contribution in [0.25, 0.3) is 0 Å². The Morgan fingerprint density at radius 2 is 2.29 bits per heavy atom. The maximum atomic E-state index is 10.2. The highest BCUT2D eigenvalue weighted by Crippen LogP contribution is 2.36. The third kappa shape index (κ3) is 4.32. The monoisotopic (exact) mass is 359 g/mol. The van der Waals surface area contributed by atoms with Crippen LogP contribution < -0.4 is 14.8 Å². The van der Waals surface area contributed by atoms with Crippen LogP contribution in [0.5, 0.6) is 11.5 Å². The van der Waals surface area contributed by atoms with Crippen molar-refractivity contribution in [2.45, 2.75) is 25.5 Å². The summed E-state index contributed by atoms with van der Waals surface area (Å²) in [5.41, 5.74) is 0.316. The summed E-state index contributed by atoms with van der Waals surface area (Å²) < 4.78 is 17.0. The van der Waals surface area contributed by atoms with Gasteiger partial charge in [-0.25, -0.2) is 0 Å². The average Bonchev–Trinajstić information content (AvgIpc) is 2.88. The van der Waals surface area contributed by atoms with E-state index in [0.29, 0.717) is 50.8 Å². The van der Waals surface area contributed by atoms with Crippen molar-refractivity contribution in [2.24, 2.45) is 0 Å². The molecule has 1 unspecified atom stereocenters. The minimum atomic E-state index is -0.743. The largest absolute Gasteiger partial charge is 0.493 e. The molecule has 1 aliphatic heterocycles. The maximum Gasteiger partial charge on any atom is 0.175 e. The Balaban J connectivity index is 1.98. The van der Waals surface area contributed by atoms with Crippen molar-refractivity contribution in [2.75, 3.05) is 33.5 Å². The number of ether oxygens (including phenoxy) is 3. The second-order valence-corrected chi connectivity index (χ2v) is 6.03. The van der Waals surface area contributed by atoms with Gasteiger partial charge in [0.15, 0.2) is 11.5 Å². The van der Waals surface area contributed by atoms with Crippen molar-refractivity contribution in [3.8, 4) is 11.5 Å². The number of benzene rings is 1. The summed E-state index contributed by atoms with van der Waals surface area (Å²) in [5.74, 6) is 1.41. The number of hydrogen-bond donors (Lipinski definition) is 2. The minimum Gasteiger partial charge on any atom is -0.493 e. The lowest BCUT2D eigenvalue weighted by Gasteiger charge is -2.21. The summed E-state index contributed by atoms with van der Waals surface area (Å²) >= 11 is 3.51. The summed E-state index contributed by atoms with van der Waals surface area (Å²) in [4.78, 5) is 0. The van der Waals surface area contributed by atoms with Gasteiger partial charge in [0.05, 0.1) is 24.8 Å². The lowest BCUT2D eigenvalue weighted by Crippen LogP contribution is -2.40. The molecule has 1 heterocycles. The summed E-state index contributed by atoms with van der Waals surface area (Å²) in [6, 6.07) is 3.94. The van der Waals surface area contributed by atoms with Gasteiger partial charge in [0, 0.05) is 26.1 Å². The van der Waals surface area contributed by atoms with Gasteiger partial charge >= 0.3 is 0 Å². The van der Waals surface area contributed by atoms with E-state index in [4.69, 9.17) is 14.2 Å². The Bertz CT molecular complexity index is 475.